The fourth-order valence-corrected chi connectivity index (χ4v) is 2.90. The molecule has 21 heavy (non-hydrogen) atoms. The highest BCUT2D eigenvalue weighted by Crippen LogP contribution is 2.38. The van der Waals surface area contributed by atoms with Crippen molar-refractivity contribution in [2.75, 3.05) is 17.7 Å². The molecule has 0 radical (unpaired) electrons. The number of hydrogen-bond donors (Lipinski definition) is 2. The fourth-order valence-electron chi connectivity index (χ4n) is 2.90. The molecule has 5 heteroatoms. The van der Waals surface area contributed by atoms with Crippen molar-refractivity contribution in [3.63, 3.8) is 0 Å². The monoisotopic (exact) mass is 291 g/mol. The van der Waals surface area contributed by atoms with Crippen LogP contribution in [0.5, 0.6) is 0 Å². The lowest BCUT2D eigenvalue weighted by Gasteiger charge is -2.39. The van der Waals surface area contributed by atoms with Gasteiger partial charge >= 0.3 is 5.97 Å². The summed E-state index contributed by atoms with van der Waals surface area (Å²) < 4.78 is 5.02. The molecule has 0 amide bonds. The summed E-state index contributed by atoms with van der Waals surface area (Å²) >= 11 is 0. The van der Waals surface area contributed by atoms with Gasteiger partial charge in [0.15, 0.2) is 0 Å². The van der Waals surface area contributed by atoms with Crippen molar-refractivity contribution in [1.82, 2.24) is 4.98 Å². The molecular weight excluding hydrogens is 266 g/mol. The number of carbonyl (C=O) groups is 1. The van der Waals surface area contributed by atoms with Crippen molar-refractivity contribution in [2.24, 2.45) is 5.41 Å². The molecule has 1 aromatic heterocycles. The number of aromatic nitrogens is 1. The number of nitrogens with one attached hydrogen (secondary N) is 1. The maximum Gasteiger partial charge on any atom is 0.340 e. The largest absolute Gasteiger partial charge is 0.462 e. The van der Waals surface area contributed by atoms with E-state index in [1.54, 1.807) is 19.2 Å². The molecular formula is C16H25N3O2. The van der Waals surface area contributed by atoms with Gasteiger partial charge in [0.25, 0.3) is 0 Å². The molecule has 1 heterocycles. The van der Waals surface area contributed by atoms with Gasteiger partial charge in [-0.1, -0.05) is 26.7 Å². The lowest BCUT2D eigenvalue weighted by molar-refractivity contribution is 0.0527. The van der Waals surface area contributed by atoms with Gasteiger partial charge in [-0.3, -0.25) is 0 Å². The predicted molar refractivity (Wildman–Crippen MR) is 84.3 cm³/mol. The Morgan fingerprint density at radius 1 is 1.52 bits per heavy atom. The molecule has 1 saturated carbocycles. The van der Waals surface area contributed by atoms with Gasteiger partial charge in [-0.05, 0) is 31.2 Å². The third kappa shape index (κ3) is 3.46. The molecule has 1 aromatic rings. The number of ether oxygens (including phenoxy) is 1. The van der Waals surface area contributed by atoms with Crippen LogP contribution < -0.4 is 11.1 Å². The van der Waals surface area contributed by atoms with E-state index in [9.17, 15) is 4.79 Å². The Balaban J connectivity index is 2.20. The summed E-state index contributed by atoms with van der Waals surface area (Å²) in [6.45, 7) is 6.63. The average Bonchev–Trinajstić information content (AvgIpc) is 2.43. The van der Waals surface area contributed by atoms with Crippen molar-refractivity contribution in [2.45, 2.75) is 52.5 Å². The summed E-state index contributed by atoms with van der Waals surface area (Å²) in [7, 11) is 0. The Labute approximate surface area is 126 Å². The summed E-state index contributed by atoms with van der Waals surface area (Å²) in [5.41, 5.74) is 7.05. The number of rotatable bonds is 4. The van der Waals surface area contributed by atoms with Crippen LogP contribution in [0.4, 0.5) is 11.5 Å². The molecule has 0 saturated heterocycles. The fraction of sp³-hybridized carbons (Fsp3) is 0.625. The Hall–Kier alpha value is -1.78. The number of nitrogen functional groups attached to an aromatic ring is 1. The van der Waals surface area contributed by atoms with Gasteiger partial charge < -0.3 is 15.8 Å². The first-order valence-corrected chi connectivity index (χ1v) is 7.64. The van der Waals surface area contributed by atoms with Crippen molar-refractivity contribution in [3.05, 3.63) is 17.8 Å². The van der Waals surface area contributed by atoms with Crippen LogP contribution in [0.15, 0.2) is 12.3 Å². The number of pyridine rings is 1. The zero-order chi connectivity index (χ0) is 15.5. The van der Waals surface area contributed by atoms with Crippen molar-refractivity contribution in [1.29, 1.82) is 0 Å². The van der Waals surface area contributed by atoms with E-state index in [-0.39, 0.29) is 5.41 Å². The van der Waals surface area contributed by atoms with Gasteiger partial charge in [0.05, 0.1) is 17.9 Å². The first-order chi connectivity index (χ1) is 9.95. The van der Waals surface area contributed by atoms with Gasteiger partial charge in [-0.15, -0.1) is 0 Å². The Bertz CT molecular complexity index is 514. The van der Waals surface area contributed by atoms with E-state index >= 15 is 0 Å². The predicted octanol–water partition coefficient (Wildman–Crippen LogP) is 3.22. The van der Waals surface area contributed by atoms with E-state index in [1.165, 1.54) is 19.3 Å². The van der Waals surface area contributed by atoms with Gasteiger partial charge in [-0.25, -0.2) is 9.78 Å². The molecule has 0 bridgehead atoms. The molecule has 1 aliphatic carbocycles. The summed E-state index contributed by atoms with van der Waals surface area (Å²) in [5.74, 6) is 0.184. The van der Waals surface area contributed by atoms with Gasteiger partial charge in [0, 0.05) is 12.2 Å². The molecule has 116 valence electrons. The molecule has 5 nitrogen and oxygen atoms in total. The minimum Gasteiger partial charge on any atom is -0.462 e. The van der Waals surface area contributed by atoms with Crippen LogP contribution in [0.25, 0.3) is 0 Å². The lowest BCUT2D eigenvalue weighted by Crippen LogP contribution is -2.39. The van der Waals surface area contributed by atoms with Gasteiger partial charge in [0.2, 0.25) is 0 Å². The van der Waals surface area contributed by atoms with Crippen LogP contribution in [0.3, 0.4) is 0 Å². The quantitative estimate of drug-likeness (QED) is 0.833. The summed E-state index contributed by atoms with van der Waals surface area (Å²) in [5, 5.41) is 3.43. The molecule has 0 aromatic carbocycles. The lowest BCUT2D eigenvalue weighted by atomic mass is 9.73. The summed E-state index contributed by atoms with van der Waals surface area (Å²) in [4.78, 5) is 16.2. The highest BCUT2D eigenvalue weighted by atomic mass is 16.5. The number of nitrogens with zero attached hydrogens (tertiary/aromatic N) is 1. The SMILES string of the molecule is CCOC(=O)c1ccnc(NC2CCCCC2(C)C)c1N. The molecule has 3 N–H and O–H groups in total. The number of anilines is 2. The van der Waals surface area contributed by atoms with E-state index in [1.807, 2.05) is 0 Å². The average molecular weight is 291 g/mol. The molecule has 2 rings (SSSR count). The Morgan fingerprint density at radius 3 is 2.95 bits per heavy atom. The van der Waals surface area contributed by atoms with Crippen molar-refractivity contribution >= 4 is 17.5 Å². The molecule has 1 aliphatic rings. The molecule has 1 unspecified atom stereocenters. The van der Waals surface area contributed by atoms with E-state index in [4.69, 9.17) is 10.5 Å². The molecule has 0 aliphatic heterocycles. The van der Waals surface area contributed by atoms with Gasteiger partial charge in [0.1, 0.15) is 5.82 Å². The Morgan fingerprint density at radius 2 is 2.29 bits per heavy atom. The second-order valence-electron chi connectivity index (χ2n) is 6.27. The van der Waals surface area contributed by atoms with Crippen LogP contribution in [0.1, 0.15) is 56.8 Å². The summed E-state index contributed by atoms with van der Waals surface area (Å²) in [6, 6.07) is 1.92. The normalized spacial score (nSPS) is 20.8. The smallest absolute Gasteiger partial charge is 0.340 e. The molecule has 1 atom stereocenters. The maximum atomic E-state index is 11.9. The van der Waals surface area contributed by atoms with Crippen LogP contribution in [0.2, 0.25) is 0 Å². The van der Waals surface area contributed by atoms with E-state index in [2.05, 4.69) is 24.1 Å². The Kier molecular flexibility index (Phi) is 4.70. The van der Waals surface area contributed by atoms with Crippen LogP contribution in [0, 0.1) is 5.41 Å². The zero-order valence-electron chi connectivity index (χ0n) is 13.1. The summed E-state index contributed by atoms with van der Waals surface area (Å²) in [6.07, 6.45) is 6.34. The van der Waals surface area contributed by atoms with Crippen LogP contribution >= 0.6 is 0 Å². The highest BCUT2D eigenvalue weighted by molar-refractivity contribution is 5.97. The standard InChI is InChI=1S/C16H25N3O2/c1-4-21-15(20)11-8-10-18-14(13(11)17)19-12-7-5-6-9-16(12,2)3/h8,10,12H,4-7,9,17H2,1-3H3,(H,18,19). The second kappa shape index (κ2) is 6.33. The molecule has 0 spiro atoms. The first-order valence-electron chi connectivity index (χ1n) is 7.64. The number of hydrogen-bond acceptors (Lipinski definition) is 5. The highest BCUT2D eigenvalue weighted by Gasteiger charge is 2.32. The van der Waals surface area contributed by atoms with Crippen LogP contribution in [-0.4, -0.2) is 23.6 Å². The number of nitrogens with two attached hydrogens (primary N) is 1. The van der Waals surface area contributed by atoms with E-state index in [0.29, 0.717) is 29.7 Å². The third-order valence-electron chi connectivity index (χ3n) is 4.30. The first kappa shape index (κ1) is 15.6. The minimum absolute atomic E-state index is 0.201. The molecule has 1 fully saturated rings. The third-order valence-corrected chi connectivity index (χ3v) is 4.30. The van der Waals surface area contributed by atoms with E-state index in [0.717, 1.165) is 6.42 Å². The zero-order valence-corrected chi connectivity index (χ0v) is 13.1. The number of esters is 1. The van der Waals surface area contributed by atoms with Crippen molar-refractivity contribution in [3.8, 4) is 0 Å². The second-order valence-corrected chi connectivity index (χ2v) is 6.27. The van der Waals surface area contributed by atoms with Crippen molar-refractivity contribution < 1.29 is 9.53 Å². The minimum atomic E-state index is -0.400. The van der Waals surface area contributed by atoms with E-state index < -0.39 is 5.97 Å². The maximum absolute atomic E-state index is 11.9. The van der Waals surface area contributed by atoms with Crippen LogP contribution in [-0.2, 0) is 4.74 Å². The topological polar surface area (TPSA) is 77.2 Å². The number of carbonyl (C=O) groups excluding carboxylic acids is 1. The van der Waals surface area contributed by atoms with Gasteiger partial charge in [-0.2, -0.15) is 0 Å².